The lowest BCUT2D eigenvalue weighted by atomic mass is 9.53. The van der Waals surface area contributed by atoms with Crippen LogP contribution in [0.3, 0.4) is 0 Å². The van der Waals surface area contributed by atoms with Gasteiger partial charge in [0.1, 0.15) is 45.7 Å². The highest BCUT2D eigenvalue weighted by atomic mass is 35.5. The molecular weight excluding hydrogens is 912 g/mol. The number of aliphatic hydroxyl groups is 9. The molecule has 6 aliphatic carbocycles. The summed E-state index contributed by atoms with van der Waals surface area (Å²) in [7, 11) is 5.77. The van der Waals surface area contributed by atoms with Crippen LogP contribution in [0.4, 0.5) is 0 Å². The summed E-state index contributed by atoms with van der Waals surface area (Å²) in [6, 6.07) is 3.75. The average Bonchev–Trinajstić information content (AvgIpc) is 3.20. The van der Waals surface area contributed by atoms with Gasteiger partial charge in [0.05, 0.1) is 58.4 Å². The molecule has 2 aromatic carbocycles. The Kier molecular flexibility index (Phi) is 13.0. The molecule has 362 valence electrons. The fourth-order valence-corrected chi connectivity index (χ4v) is 11.1. The van der Waals surface area contributed by atoms with E-state index in [1.165, 1.54) is 75.2 Å². The van der Waals surface area contributed by atoms with Crippen molar-refractivity contribution in [3.8, 4) is 11.5 Å². The van der Waals surface area contributed by atoms with Gasteiger partial charge < -0.3 is 78.6 Å². The number of nitrogens with zero attached hydrogens (tertiary/aromatic N) is 2. The Morgan fingerprint density at radius 1 is 0.701 bits per heavy atom. The number of likely N-dealkylation sites (N-methyl/N-ethyl adjacent to an activating group) is 2. The first-order chi connectivity index (χ1) is 30.0. The fraction of sp³-hybridized carbons (Fsp3) is 0.395. The van der Waals surface area contributed by atoms with Crippen LogP contribution in [0.15, 0.2) is 64.1 Å². The minimum atomic E-state index is -3.02. The number of fused-ring (bicyclic) bond motifs is 6. The predicted molar refractivity (Wildman–Crippen MR) is 229 cm³/mol. The molecule has 0 spiro atoms. The lowest BCUT2D eigenvalue weighted by Gasteiger charge is -2.55. The third-order valence-electron chi connectivity index (χ3n) is 13.7. The van der Waals surface area contributed by atoms with Gasteiger partial charge in [0.15, 0.2) is 22.8 Å². The molecule has 0 heterocycles. The lowest BCUT2D eigenvalue weighted by Crippen LogP contribution is -2.71. The number of carbonyl (C=O) groups excluding carboxylic acids is 6. The zero-order chi connectivity index (χ0) is 48.6. The average molecular weight is 961 g/mol. The Labute approximate surface area is 383 Å². The Morgan fingerprint density at radius 3 is 1.70 bits per heavy atom. The van der Waals surface area contributed by atoms with E-state index in [2.05, 4.69) is 0 Å². The zero-order valence-electron chi connectivity index (χ0n) is 36.0. The van der Waals surface area contributed by atoms with Crippen LogP contribution in [0.1, 0.15) is 41.7 Å². The van der Waals surface area contributed by atoms with Crippen LogP contribution >= 0.6 is 11.6 Å². The smallest absolute Gasteiger partial charge is 0.255 e. The van der Waals surface area contributed by atoms with Crippen molar-refractivity contribution in [2.45, 2.75) is 54.4 Å². The summed E-state index contributed by atoms with van der Waals surface area (Å²) in [6.45, 7) is 1.25. The van der Waals surface area contributed by atoms with Crippen molar-refractivity contribution in [2.75, 3.05) is 28.2 Å². The van der Waals surface area contributed by atoms with Crippen molar-refractivity contribution >= 4 is 58.1 Å². The molecule has 2 amide bonds. The van der Waals surface area contributed by atoms with Gasteiger partial charge in [-0.25, -0.2) is 0 Å². The monoisotopic (exact) mass is 960 g/mol. The van der Waals surface area contributed by atoms with E-state index in [1.807, 2.05) is 0 Å². The number of halogens is 1. The highest BCUT2D eigenvalue weighted by molar-refractivity contribution is 6.32. The van der Waals surface area contributed by atoms with Crippen molar-refractivity contribution < 1.29 is 95.9 Å². The van der Waals surface area contributed by atoms with Crippen molar-refractivity contribution in [3.63, 3.8) is 0 Å². The molecule has 2 saturated carbocycles. The predicted octanol–water partition coefficient (Wildman–Crippen LogP) is -2.94. The number of hydrogen-bond acceptors (Lipinski definition) is 19. The molecule has 0 radical (unpaired) electrons. The molecule has 19 N–H and O–H groups in total. The van der Waals surface area contributed by atoms with Crippen LogP contribution in [0.2, 0.25) is 5.02 Å². The van der Waals surface area contributed by atoms with E-state index in [0.29, 0.717) is 0 Å². The number of benzene rings is 2. The number of primary amides is 2. The second-order valence-electron chi connectivity index (χ2n) is 17.5. The molecule has 24 heteroatoms. The first-order valence-electron chi connectivity index (χ1n) is 19.8. The van der Waals surface area contributed by atoms with E-state index in [4.69, 9.17) is 23.1 Å². The van der Waals surface area contributed by atoms with Gasteiger partial charge in [-0.1, -0.05) is 23.7 Å². The molecule has 67 heavy (non-hydrogen) atoms. The number of ketones is 4. The molecule has 0 aliphatic heterocycles. The summed E-state index contributed by atoms with van der Waals surface area (Å²) in [6.07, 6.45) is -3.58. The summed E-state index contributed by atoms with van der Waals surface area (Å²) < 4.78 is 0. The number of hydrogen-bond donors (Lipinski definition) is 13. The number of amides is 2. The molecule has 2 fully saturated rings. The number of Topliss-reactive ketones (excluding diaryl/α,β-unsaturated/α-hetero) is 4. The second kappa shape index (κ2) is 16.8. The van der Waals surface area contributed by atoms with Gasteiger partial charge in [-0.05, 0) is 65.3 Å². The maximum Gasteiger partial charge on any atom is 0.255 e. The van der Waals surface area contributed by atoms with E-state index in [9.17, 15) is 84.9 Å². The Hall–Kier alpha value is -6.25. The number of rotatable bonds is 4. The largest absolute Gasteiger partial charge is 0.508 e. The van der Waals surface area contributed by atoms with Gasteiger partial charge in [-0.3, -0.25) is 38.6 Å². The topological polar surface area (TPSA) is 446 Å². The van der Waals surface area contributed by atoms with Crippen LogP contribution in [0.5, 0.6) is 11.5 Å². The van der Waals surface area contributed by atoms with Crippen LogP contribution in [-0.4, -0.2) is 169 Å². The molecule has 0 aromatic heterocycles. The number of carbonyl (C=O) groups is 6. The summed E-state index contributed by atoms with van der Waals surface area (Å²) >= 11 is 6.19. The van der Waals surface area contributed by atoms with Gasteiger partial charge in [0, 0.05) is 28.0 Å². The molecular formula is C43H49ClN4O19. The van der Waals surface area contributed by atoms with E-state index in [-0.39, 0.29) is 44.6 Å². The summed E-state index contributed by atoms with van der Waals surface area (Å²) in [5, 5.41) is 121. The standard InChI is InChI=1S/C22H24N2O9.C21H21ClN2O8.2H2O/c1-21(32)7-5-4-6-8(25)9(7)15(26)10-12(21)17(28)13-14(24(2)3)16(27)11(20(23)31)19(30)22(13,33)18(10)29;1-24(2)14-7-5-6-10(16(27)12-9(25)4-3-8(22)11(12)15(6)26)18(29)21(7,32)19(30)13(17(14)28)20(23)31;;/h4-6,12-14,17,25-26,28,30,32-33H,1-3H3,(H2,23,31);3-4,6-7,14-15,25-27,30,32H,5H2,1-2H3,(H2,23,31);2*1H2/t12-,13-,14+,17+,21-,22+;6-,7-,14-,15-,21-;;/m10../s1. The first kappa shape index (κ1) is 51.7. The van der Waals surface area contributed by atoms with Crippen molar-refractivity contribution in [2.24, 2.45) is 35.1 Å². The van der Waals surface area contributed by atoms with Crippen LogP contribution < -0.4 is 11.5 Å². The second-order valence-corrected chi connectivity index (χ2v) is 17.9. The van der Waals surface area contributed by atoms with Crippen LogP contribution in [-0.2, 0) is 34.4 Å². The van der Waals surface area contributed by atoms with Crippen LogP contribution in [0.25, 0.3) is 11.5 Å². The number of aliphatic hydroxyl groups excluding tert-OH is 6. The summed E-state index contributed by atoms with van der Waals surface area (Å²) in [4.78, 5) is 79.7. The van der Waals surface area contributed by atoms with E-state index in [0.717, 1.165) is 0 Å². The maximum absolute atomic E-state index is 13.7. The first-order valence-corrected chi connectivity index (χ1v) is 20.2. The van der Waals surface area contributed by atoms with Crippen molar-refractivity contribution in [3.05, 3.63) is 91.4 Å². The third-order valence-corrected chi connectivity index (χ3v) is 14.0. The van der Waals surface area contributed by atoms with E-state index >= 15 is 0 Å². The third kappa shape index (κ3) is 6.68. The minimum Gasteiger partial charge on any atom is -0.508 e. The molecule has 23 nitrogen and oxygen atoms in total. The molecule has 6 aliphatic rings. The van der Waals surface area contributed by atoms with Crippen LogP contribution in [0, 0.1) is 23.7 Å². The van der Waals surface area contributed by atoms with Crippen molar-refractivity contribution in [1.82, 2.24) is 9.80 Å². The molecule has 0 bridgehead atoms. The number of aromatic hydroxyl groups is 2. The highest BCUT2D eigenvalue weighted by Gasteiger charge is 2.70. The number of phenols is 2. The fourth-order valence-electron chi connectivity index (χ4n) is 10.8. The number of phenolic OH excluding ortho intramolecular Hbond substituents is 2. The van der Waals surface area contributed by atoms with Crippen molar-refractivity contribution in [1.29, 1.82) is 0 Å². The highest BCUT2D eigenvalue weighted by Crippen LogP contribution is 2.59. The van der Waals surface area contributed by atoms with Gasteiger partial charge in [0.2, 0.25) is 11.6 Å². The van der Waals surface area contributed by atoms with E-state index < -0.39 is 157 Å². The maximum atomic E-state index is 13.7. The van der Waals surface area contributed by atoms with Gasteiger partial charge in [-0.15, -0.1) is 0 Å². The lowest BCUT2D eigenvalue weighted by molar-refractivity contribution is -0.181. The molecule has 0 saturated heterocycles. The summed E-state index contributed by atoms with van der Waals surface area (Å²) in [5.41, 5.74) is -0.931. The van der Waals surface area contributed by atoms with Gasteiger partial charge >= 0.3 is 0 Å². The SMILES string of the molecule is CN(C)[C@@H]1C(=O)C(C(N)=O)=C(O)[C@@]2(O)C(=O)C3=C(O)c4c(O)ccc(Cl)c4[C@@H](O)[C@H]3C[C@@H]12.CN(C)[C@@H]1C(=O)C(C(N)=O)=C(O)[C@@]2(O)C(=O)C3=C(O)c4c(O)cccc4[C@@](C)(O)[C@H]3[C@H](O)[C@@H]12.O.O. The molecule has 8 rings (SSSR count). The van der Waals surface area contributed by atoms with E-state index in [1.54, 1.807) is 0 Å². The molecule has 0 unspecified atom stereocenters. The quantitative estimate of drug-likeness (QED) is 0.136. The normalized spacial score (nSPS) is 33.0. The Morgan fingerprint density at radius 2 is 1.18 bits per heavy atom. The minimum absolute atomic E-state index is 0. The number of nitrogens with two attached hydrogens (primary N) is 2. The Bertz CT molecular complexity index is 2710. The Balaban J connectivity index is 0.000000244. The van der Waals surface area contributed by atoms with Gasteiger partial charge in [-0.2, -0.15) is 0 Å². The molecule has 11 atom stereocenters. The van der Waals surface area contributed by atoms with Gasteiger partial charge in [0.25, 0.3) is 11.8 Å². The zero-order valence-corrected chi connectivity index (χ0v) is 36.8. The molecule has 2 aromatic rings. The summed E-state index contributed by atoms with van der Waals surface area (Å²) in [5.74, 6) is -17.9.